The first-order valence-corrected chi connectivity index (χ1v) is 10.6. The summed E-state index contributed by atoms with van der Waals surface area (Å²) in [6.07, 6.45) is 1.76. The van der Waals surface area contributed by atoms with Crippen molar-refractivity contribution >= 4 is 12.1 Å². The van der Waals surface area contributed by atoms with Crippen LogP contribution >= 0.6 is 0 Å². The fraction of sp³-hybridized carbons (Fsp3) is 0.231. The summed E-state index contributed by atoms with van der Waals surface area (Å²) in [5.41, 5.74) is 5.49. The smallest absolute Gasteiger partial charge is 0.280 e. The summed E-state index contributed by atoms with van der Waals surface area (Å²) in [4.78, 5) is 12.3. The largest absolute Gasteiger partial charge is 0.493 e. The first-order valence-electron chi connectivity index (χ1n) is 10.6. The number of nitrogens with zero attached hydrogens (tertiary/aromatic N) is 1. The van der Waals surface area contributed by atoms with E-state index >= 15 is 0 Å². The van der Waals surface area contributed by atoms with Crippen LogP contribution in [-0.2, 0) is 4.79 Å². The molecule has 0 saturated carbocycles. The summed E-state index contributed by atoms with van der Waals surface area (Å²) in [7, 11) is 1.59. The molecule has 32 heavy (non-hydrogen) atoms. The number of rotatable bonds is 10. The first kappa shape index (κ1) is 22.9. The van der Waals surface area contributed by atoms with E-state index in [1.807, 2.05) is 73.7 Å². The normalized spacial score (nSPS) is 11.7. The third kappa shape index (κ3) is 6.35. The van der Waals surface area contributed by atoms with E-state index in [0.29, 0.717) is 23.9 Å². The maximum Gasteiger partial charge on any atom is 0.280 e. The van der Waals surface area contributed by atoms with Crippen LogP contribution in [0.2, 0.25) is 0 Å². The number of nitrogens with one attached hydrogen (secondary N) is 1. The number of amides is 1. The van der Waals surface area contributed by atoms with Crippen LogP contribution in [0.3, 0.4) is 0 Å². The van der Waals surface area contributed by atoms with Crippen LogP contribution in [0.25, 0.3) is 11.1 Å². The van der Waals surface area contributed by atoms with Crippen molar-refractivity contribution in [3.05, 3.63) is 78.4 Å². The Balaban J connectivity index is 1.54. The molecule has 166 valence electrons. The predicted octanol–water partition coefficient (Wildman–Crippen LogP) is 5.07. The minimum atomic E-state index is -0.700. The highest BCUT2D eigenvalue weighted by molar-refractivity contribution is 5.85. The van der Waals surface area contributed by atoms with E-state index in [1.54, 1.807) is 26.3 Å². The van der Waals surface area contributed by atoms with Gasteiger partial charge in [0.15, 0.2) is 17.6 Å². The molecule has 3 aromatic rings. The Morgan fingerprint density at radius 3 is 2.41 bits per heavy atom. The monoisotopic (exact) mass is 432 g/mol. The van der Waals surface area contributed by atoms with Crippen molar-refractivity contribution in [2.75, 3.05) is 13.7 Å². The standard InChI is InChI=1S/C26H28N2O4/c1-4-16-31-24-15-10-20(17-25(24)30-3)18-27-28-26(29)19(2)32-23-13-11-22(12-14-23)21-8-6-5-7-9-21/h5-15,17-19H,4,16H2,1-3H3,(H,28,29)/b27-18+. The molecular formula is C26H28N2O4. The van der Waals surface area contributed by atoms with Crippen LogP contribution in [0.5, 0.6) is 17.2 Å². The Bertz CT molecular complexity index is 1030. The number of methoxy groups -OCH3 is 1. The third-order valence-electron chi connectivity index (χ3n) is 4.68. The molecule has 0 bridgehead atoms. The van der Waals surface area contributed by atoms with E-state index in [0.717, 1.165) is 23.1 Å². The molecule has 0 aliphatic heterocycles. The second-order valence-corrected chi connectivity index (χ2v) is 7.14. The highest BCUT2D eigenvalue weighted by Gasteiger charge is 2.14. The zero-order valence-corrected chi connectivity index (χ0v) is 18.6. The molecule has 3 aromatic carbocycles. The molecule has 1 atom stereocenters. The van der Waals surface area contributed by atoms with Gasteiger partial charge in [-0.1, -0.05) is 49.4 Å². The second-order valence-electron chi connectivity index (χ2n) is 7.14. The van der Waals surface area contributed by atoms with Gasteiger partial charge in [0.25, 0.3) is 5.91 Å². The van der Waals surface area contributed by atoms with Gasteiger partial charge >= 0.3 is 0 Å². The molecule has 0 fully saturated rings. The number of benzene rings is 3. The summed E-state index contributed by atoms with van der Waals surface area (Å²) < 4.78 is 16.7. The minimum Gasteiger partial charge on any atom is -0.493 e. The second kappa shape index (κ2) is 11.6. The first-order chi connectivity index (χ1) is 15.6. The topological polar surface area (TPSA) is 69.2 Å². The van der Waals surface area contributed by atoms with E-state index in [-0.39, 0.29) is 5.91 Å². The number of carbonyl (C=O) groups excluding carboxylic acids is 1. The molecule has 6 nitrogen and oxygen atoms in total. The molecule has 0 aromatic heterocycles. The number of ether oxygens (including phenoxy) is 3. The van der Waals surface area contributed by atoms with Gasteiger partial charge in [-0.15, -0.1) is 0 Å². The molecule has 3 rings (SSSR count). The van der Waals surface area contributed by atoms with Gasteiger partial charge in [0.05, 0.1) is 19.9 Å². The van der Waals surface area contributed by atoms with E-state index in [9.17, 15) is 4.79 Å². The van der Waals surface area contributed by atoms with E-state index in [2.05, 4.69) is 10.5 Å². The van der Waals surface area contributed by atoms with Gasteiger partial charge < -0.3 is 14.2 Å². The van der Waals surface area contributed by atoms with Gasteiger partial charge in [0.1, 0.15) is 5.75 Å². The molecule has 0 radical (unpaired) electrons. The van der Waals surface area contributed by atoms with Crippen LogP contribution in [0, 0.1) is 0 Å². The van der Waals surface area contributed by atoms with Gasteiger partial charge in [0.2, 0.25) is 0 Å². The van der Waals surface area contributed by atoms with Gasteiger partial charge in [-0.2, -0.15) is 5.10 Å². The summed E-state index contributed by atoms with van der Waals surface area (Å²) >= 11 is 0. The summed E-state index contributed by atoms with van der Waals surface area (Å²) in [6.45, 7) is 4.34. The van der Waals surface area contributed by atoms with E-state index in [1.165, 1.54) is 0 Å². The van der Waals surface area contributed by atoms with Crippen molar-refractivity contribution in [3.63, 3.8) is 0 Å². The molecule has 1 amide bonds. The van der Waals surface area contributed by atoms with Crippen molar-refractivity contribution in [2.24, 2.45) is 5.10 Å². The number of hydrogen-bond acceptors (Lipinski definition) is 5. The summed E-state index contributed by atoms with van der Waals surface area (Å²) in [6, 6.07) is 23.2. The molecule has 0 spiro atoms. The lowest BCUT2D eigenvalue weighted by atomic mass is 10.1. The average molecular weight is 433 g/mol. The summed E-state index contributed by atoms with van der Waals surface area (Å²) in [5.74, 6) is 1.56. The molecule has 0 aliphatic carbocycles. The van der Waals surface area contributed by atoms with Gasteiger partial charge in [-0.25, -0.2) is 5.43 Å². The lowest BCUT2D eigenvalue weighted by Crippen LogP contribution is -2.33. The average Bonchev–Trinajstić information content (AvgIpc) is 2.84. The Morgan fingerprint density at radius 2 is 1.72 bits per heavy atom. The molecule has 1 unspecified atom stereocenters. The zero-order chi connectivity index (χ0) is 22.8. The van der Waals surface area contributed by atoms with Crippen LogP contribution in [0.4, 0.5) is 0 Å². The predicted molar refractivity (Wildman–Crippen MR) is 126 cm³/mol. The Kier molecular flexibility index (Phi) is 8.26. The lowest BCUT2D eigenvalue weighted by Gasteiger charge is -2.13. The fourth-order valence-electron chi connectivity index (χ4n) is 2.97. The molecule has 0 saturated heterocycles. The number of hydrogen-bond donors (Lipinski definition) is 1. The SMILES string of the molecule is CCCOc1ccc(/C=N/NC(=O)C(C)Oc2ccc(-c3ccccc3)cc2)cc1OC. The van der Waals surface area contributed by atoms with Crippen LogP contribution < -0.4 is 19.6 Å². The van der Waals surface area contributed by atoms with Gasteiger partial charge in [0, 0.05) is 0 Å². The molecule has 1 N–H and O–H groups in total. The quantitative estimate of drug-likeness (QED) is 0.359. The Labute approximate surface area is 188 Å². The molecular weight excluding hydrogens is 404 g/mol. The molecule has 6 heteroatoms. The van der Waals surface area contributed by atoms with Crippen molar-refractivity contribution in [3.8, 4) is 28.4 Å². The molecule has 0 aliphatic rings. The highest BCUT2D eigenvalue weighted by atomic mass is 16.5. The van der Waals surface area contributed by atoms with Crippen molar-refractivity contribution < 1.29 is 19.0 Å². The maximum absolute atomic E-state index is 12.3. The van der Waals surface area contributed by atoms with Gasteiger partial charge in [-0.05, 0) is 60.4 Å². The molecule has 0 heterocycles. The van der Waals surface area contributed by atoms with Crippen molar-refractivity contribution in [1.29, 1.82) is 0 Å². The fourth-order valence-corrected chi connectivity index (χ4v) is 2.97. The minimum absolute atomic E-state index is 0.344. The summed E-state index contributed by atoms with van der Waals surface area (Å²) in [5, 5.41) is 4.02. The zero-order valence-electron chi connectivity index (χ0n) is 18.6. The Hall–Kier alpha value is -3.80. The van der Waals surface area contributed by atoms with Gasteiger partial charge in [-0.3, -0.25) is 4.79 Å². The van der Waals surface area contributed by atoms with Crippen LogP contribution in [0.1, 0.15) is 25.8 Å². The van der Waals surface area contributed by atoms with Crippen molar-refractivity contribution in [2.45, 2.75) is 26.4 Å². The van der Waals surface area contributed by atoms with Crippen LogP contribution in [0.15, 0.2) is 77.9 Å². The maximum atomic E-state index is 12.3. The number of hydrazone groups is 1. The van der Waals surface area contributed by atoms with E-state index in [4.69, 9.17) is 14.2 Å². The number of carbonyl (C=O) groups is 1. The Morgan fingerprint density at radius 1 is 1.00 bits per heavy atom. The highest BCUT2D eigenvalue weighted by Crippen LogP contribution is 2.27. The van der Waals surface area contributed by atoms with Crippen molar-refractivity contribution in [1.82, 2.24) is 5.43 Å². The lowest BCUT2D eigenvalue weighted by molar-refractivity contribution is -0.127. The van der Waals surface area contributed by atoms with E-state index < -0.39 is 6.10 Å². The van der Waals surface area contributed by atoms with Crippen LogP contribution in [-0.4, -0.2) is 31.9 Å². The third-order valence-corrected chi connectivity index (χ3v) is 4.68.